The van der Waals surface area contributed by atoms with Gasteiger partial charge >= 0.3 is 0 Å². The summed E-state index contributed by atoms with van der Waals surface area (Å²) in [6.45, 7) is 0.464. The predicted octanol–water partition coefficient (Wildman–Crippen LogP) is -0.150. The molecule has 4 amide bonds. The molecule has 0 bridgehead atoms. The molecule has 2 N–H and O–H groups in total. The number of carbonyl (C=O) groups excluding carboxylic acids is 4. The molecule has 11 nitrogen and oxygen atoms in total. The molecule has 1 aromatic carbocycles. The number of non-ortho nitro benzene ring substituents is 1. The van der Waals surface area contributed by atoms with E-state index < -0.39 is 16.7 Å². The third kappa shape index (κ3) is 5.10. The number of benzene rings is 1. The number of ether oxygens (including phenoxy) is 1. The summed E-state index contributed by atoms with van der Waals surface area (Å²) in [5, 5.41) is 16.0. The van der Waals surface area contributed by atoms with Crippen molar-refractivity contribution in [2.75, 3.05) is 33.4 Å². The largest absolute Gasteiger partial charge is 0.375 e. The van der Waals surface area contributed by atoms with Gasteiger partial charge in [-0.1, -0.05) is 0 Å². The molecule has 150 valence electrons. The van der Waals surface area contributed by atoms with Crippen molar-refractivity contribution in [3.05, 3.63) is 39.4 Å². The van der Waals surface area contributed by atoms with Crippen LogP contribution in [0.4, 0.5) is 5.69 Å². The molecule has 1 aliphatic heterocycles. The summed E-state index contributed by atoms with van der Waals surface area (Å²) in [7, 11) is 1.40. The van der Waals surface area contributed by atoms with Crippen molar-refractivity contribution >= 4 is 29.3 Å². The third-order valence-electron chi connectivity index (χ3n) is 4.00. The number of hydrogen-bond acceptors (Lipinski definition) is 7. The van der Waals surface area contributed by atoms with Crippen molar-refractivity contribution in [2.45, 2.75) is 12.8 Å². The zero-order valence-corrected chi connectivity index (χ0v) is 15.2. The number of fused-ring (bicyclic) bond motifs is 1. The number of nitro groups is 1. The second kappa shape index (κ2) is 9.55. The molecule has 0 saturated heterocycles. The number of nitro benzene ring substituents is 1. The van der Waals surface area contributed by atoms with Gasteiger partial charge in [-0.2, -0.15) is 0 Å². The highest BCUT2D eigenvalue weighted by Gasteiger charge is 2.36. The Morgan fingerprint density at radius 2 is 1.75 bits per heavy atom. The van der Waals surface area contributed by atoms with E-state index in [1.807, 2.05) is 0 Å². The number of rotatable bonds is 10. The van der Waals surface area contributed by atoms with E-state index in [9.17, 15) is 29.3 Å². The molecule has 0 fully saturated rings. The fourth-order valence-corrected chi connectivity index (χ4v) is 2.67. The van der Waals surface area contributed by atoms with Gasteiger partial charge in [0.05, 0.1) is 16.1 Å². The molecule has 11 heteroatoms. The SMILES string of the molecule is COCC(=O)NCCNC(=O)CCCN1C(=O)c2ccc([N+](=O)[O-])cc2C1=O. The van der Waals surface area contributed by atoms with Gasteiger partial charge in [0.1, 0.15) is 6.61 Å². The van der Waals surface area contributed by atoms with Crippen LogP contribution in [-0.2, 0) is 14.3 Å². The van der Waals surface area contributed by atoms with E-state index in [2.05, 4.69) is 15.4 Å². The summed E-state index contributed by atoms with van der Waals surface area (Å²) in [5.41, 5.74) is -0.152. The molecule has 28 heavy (non-hydrogen) atoms. The van der Waals surface area contributed by atoms with Crippen molar-refractivity contribution in [3.63, 3.8) is 0 Å². The molecule has 0 spiro atoms. The molecule has 0 radical (unpaired) electrons. The van der Waals surface area contributed by atoms with Crippen LogP contribution in [0.2, 0.25) is 0 Å². The summed E-state index contributed by atoms with van der Waals surface area (Å²) < 4.78 is 4.65. The fourth-order valence-electron chi connectivity index (χ4n) is 2.67. The van der Waals surface area contributed by atoms with Crippen molar-refractivity contribution in [1.82, 2.24) is 15.5 Å². The van der Waals surface area contributed by atoms with Gasteiger partial charge < -0.3 is 15.4 Å². The van der Waals surface area contributed by atoms with Gasteiger partial charge in [0.15, 0.2) is 0 Å². The molecule has 0 saturated carbocycles. The van der Waals surface area contributed by atoms with E-state index in [1.165, 1.54) is 19.2 Å². The molecular weight excluding hydrogens is 372 g/mol. The van der Waals surface area contributed by atoms with E-state index in [0.717, 1.165) is 11.0 Å². The lowest BCUT2D eigenvalue weighted by molar-refractivity contribution is -0.384. The number of hydrogen-bond donors (Lipinski definition) is 2. The Labute approximate surface area is 160 Å². The smallest absolute Gasteiger partial charge is 0.270 e. The first-order valence-electron chi connectivity index (χ1n) is 8.52. The van der Waals surface area contributed by atoms with Crippen LogP contribution in [0.3, 0.4) is 0 Å². The van der Waals surface area contributed by atoms with Gasteiger partial charge in [-0.3, -0.25) is 34.2 Å². The van der Waals surface area contributed by atoms with E-state index in [0.29, 0.717) is 0 Å². The average molecular weight is 392 g/mol. The van der Waals surface area contributed by atoms with Crippen LogP contribution >= 0.6 is 0 Å². The molecule has 1 aliphatic rings. The van der Waals surface area contributed by atoms with Gasteiger partial charge in [-0.25, -0.2) is 0 Å². The molecule has 1 aromatic rings. The van der Waals surface area contributed by atoms with Crippen LogP contribution in [0.1, 0.15) is 33.6 Å². The highest BCUT2D eigenvalue weighted by atomic mass is 16.6. The van der Waals surface area contributed by atoms with Gasteiger partial charge in [0, 0.05) is 45.3 Å². The maximum absolute atomic E-state index is 12.3. The molecule has 0 unspecified atom stereocenters. The summed E-state index contributed by atoms with van der Waals surface area (Å²) >= 11 is 0. The Balaban J connectivity index is 1.76. The minimum absolute atomic E-state index is 0.00421. The Hall–Kier alpha value is -3.34. The summed E-state index contributed by atoms with van der Waals surface area (Å²) in [6.07, 6.45) is 0.328. The molecule has 0 aromatic heterocycles. The fraction of sp³-hybridized carbons (Fsp3) is 0.412. The predicted molar refractivity (Wildman–Crippen MR) is 95.6 cm³/mol. The average Bonchev–Trinajstić information content (AvgIpc) is 2.90. The quantitative estimate of drug-likeness (QED) is 0.243. The Morgan fingerprint density at radius 3 is 2.39 bits per heavy atom. The number of carbonyl (C=O) groups is 4. The monoisotopic (exact) mass is 392 g/mol. The topological polar surface area (TPSA) is 148 Å². The number of methoxy groups -OCH3 is 1. The van der Waals surface area contributed by atoms with E-state index >= 15 is 0 Å². The van der Waals surface area contributed by atoms with E-state index in [1.54, 1.807) is 0 Å². The first kappa shape index (κ1) is 21.0. The lowest BCUT2D eigenvalue weighted by Crippen LogP contribution is -2.36. The normalized spacial score (nSPS) is 12.7. The number of nitrogens with zero attached hydrogens (tertiary/aromatic N) is 2. The Morgan fingerprint density at radius 1 is 1.11 bits per heavy atom. The minimum Gasteiger partial charge on any atom is -0.375 e. The Bertz CT molecular complexity index is 809. The van der Waals surface area contributed by atoms with E-state index in [-0.39, 0.29) is 67.7 Å². The molecule has 0 atom stereocenters. The first-order chi connectivity index (χ1) is 13.3. The van der Waals surface area contributed by atoms with Crippen LogP contribution in [0.25, 0.3) is 0 Å². The zero-order chi connectivity index (χ0) is 20.7. The zero-order valence-electron chi connectivity index (χ0n) is 15.2. The summed E-state index contributed by atoms with van der Waals surface area (Å²) in [5.74, 6) is -1.71. The van der Waals surface area contributed by atoms with Crippen molar-refractivity contribution < 1.29 is 28.8 Å². The van der Waals surface area contributed by atoms with E-state index in [4.69, 9.17) is 0 Å². The number of amides is 4. The lowest BCUT2D eigenvalue weighted by atomic mass is 10.1. The van der Waals surface area contributed by atoms with Crippen LogP contribution < -0.4 is 10.6 Å². The van der Waals surface area contributed by atoms with Crippen LogP contribution in [0.5, 0.6) is 0 Å². The number of nitrogens with one attached hydrogen (secondary N) is 2. The maximum atomic E-state index is 12.3. The van der Waals surface area contributed by atoms with Crippen LogP contribution in [0.15, 0.2) is 18.2 Å². The number of imide groups is 1. The lowest BCUT2D eigenvalue weighted by Gasteiger charge is -2.13. The molecule has 2 rings (SSSR count). The second-order valence-electron chi connectivity index (χ2n) is 5.99. The van der Waals surface area contributed by atoms with Crippen LogP contribution in [0, 0.1) is 10.1 Å². The second-order valence-corrected chi connectivity index (χ2v) is 5.99. The highest BCUT2D eigenvalue weighted by Crippen LogP contribution is 2.26. The molecule has 1 heterocycles. The summed E-state index contributed by atoms with van der Waals surface area (Å²) in [6, 6.07) is 3.52. The summed E-state index contributed by atoms with van der Waals surface area (Å²) in [4.78, 5) is 58.7. The van der Waals surface area contributed by atoms with Crippen molar-refractivity contribution in [1.29, 1.82) is 0 Å². The van der Waals surface area contributed by atoms with Gasteiger partial charge in [0.2, 0.25) is 11.8 Å². The van der Waals surface area contributed by atoms with Crippen LogP contribution in [-0.4, -0.2) is 66.8 Å². The van der Waals surface area contributed by atoms with Gasteiger partial charge in [-0.05, 0) is 12.5 Å². The molecule has 0 aliphatic carbocycles. The van der Waals surface area contributed by atoms with Crippen molar-refractivity contribution in [2.24, 2.45) is 0 Å². The first-order valence-corrected chi connectivity index (χ1v) is 8.52. The Kier molecular flexibility index (Phi) is 7.15. The standard InChI is InChI=1S/C17H20N4O7/c1-28-10-15(23)19-7-6-18-14(22)3-2-8-20-16(24)12-5-4-11(21(26)27)9-13(12)17(20)25/h4-5,9H,2-3,6-8,10H2,1H3,(H,18,22)(H,19,23). The van der Waals surface area contributed by atoms with Crippen molar-refractivity contribution in [3.8, 4) is 0 Å². The minimum atomic E-state index is -0.636. The van der Waals surface area contributed by atoms with Gasteiger partial charge in [0.25, 0.3) is 17.5 Å². The molecular formula is C17H20N4O7. The maximum Gasteiger partial charge on any atom is 0.270 e. The van der Waals surface area contributed by atoms with Gasteiger partial charge in [-0.15, -0.1) is 0 Å². The third-order valence-corrected chi connectivity index (χ3v) is 4.00. The highest BCUT2D eigenvalue weighted by molar-refractivity contribution is 6.21.